The number of anilines is 1. The van der Waals surface area contributed by atoms with E-state index < -0.39 is 5.97 Å². The highest BCUT2D eigenvalue weighted by molar-refractivity contribution is 6.00. The number of rotatable bonds is 7. The first kappa shape index (κ1) is 26.5. The molecule has 0 atom stereocenters. The maximum absolute atomic E-state index is 13.6. The van der Waals surface area contributed by atoms with Crippen LogP contribution in [-0.2, 0) is 13.0 Å². The van der Waals surface area contributed by atoms with Crippen molar-refractivity contribution >= 4 is 23.4 Å². The Morgan fingerprint density at radius 1 is 1.00 bits per heavy atom. The first-order chi connectivity index (χ1) is 18.7. The first-order valence-electron chi connectivity index (χ1n) is 13.7. The molecule has 0 saturated heterocycles. The number of amidine groups is 1. The number of aromatic carboxylic acids is 1. The summed E-state index contributed by atoms with van der Waals surface area (Å²) in [5, 5.41) is 17.8. The van der Waals surface area contributed by atoms with Gasteiger partial charge in [0.05, 0.1) is 5.56 Å². The zero-order valence-electron chi connectivity index (χ0n) is 22.7. The molecule has 4 N–H and O–H groups in total. The smallest absolute Gasteiger partial charge is 0.336 e. The lowest BCUT2D eigenvalue weighted by Crippen LogP contribution is -2.38. The number of carboxylic acids is 1. The van der Waals surface area contributed by atoms with E-state index in [1.165, 1.54) is 6.42 Å². The molecule has 0 unspecified atom stereocenters. The average Bonchev–Trinajstić information content (AvgIpc) is 3.34. The summed E-state index contributed by atoms with van der Waals surface area (Å²) < 4.78 is 0. The van der Waals surface area contributed by atoms with Gasteiger partial charge in [0.25, 0.3) is 5.91 Å². The lowest BCUT2D eigenvalue weighted by Gasteiger charge is -2.31. The van der Waals surface area contributed by atoms with Crippen molar-refractivity contribution in [3.8, 4) is 11.1 Å². The van der Waals surface area contributed by atoms with Crippen molar-refractivity contribution < 1.29 is 14.7 Å². The van der Waals surface area contributed by atoms with Gasteiger partial charge in [-0.2, -0.15) is 0 Å². The summed E-state index contributed by atoms with van der Waals surface area (Å²) in [7, 11) is 1.89. The summed E-state index contributed by atoms with van der Waals surface area (Å²) in [4.78, 5) is 30.0. The van der Waals surface area contributed by atoms with Crippen LogP contribution in [0.15, 0.2) is 54.6 Å². The molecular weight excluding hydrogens is 488 g/mol. The lowest BCUT2D eigenvalue weighted by atomic mass is 9.91. The largest absolute Gasteiger partial charge is 0.478 e. The number of nitrogens with zero attached hydrogens (tertiary/aromatic N) is 2. The van der Waals surface area contributed by atoms with Crippen LogP contribution in [0.5, 0.6) is 0 Å². The van der Waals surface area contributed by atoms with E-state index in [0.717, 1.165) is 66.6 Å². The zero-order chi connectivity index (χ0) is 27.7. The third-order valence-electron chi connectivity index (χ3n) is 8.24. The molecule has 3 aromatic carbocycles. The van der Waals surface area contributed by atoms with Gasteiger partial charge >= 0.3 is 5.97 Å². The molecule has 1 heterocycles. The fourth-order valence-corrected chi connectivity index (χ4v) is 6.01. The maximum Gasteiger partial charge on any atom is 0.336 e. The number of hydrogen-bond donors (Lipinski definition) is 3. The maximum atomic E-state index is 13.6. The SMILES string of the molecule is Cc1ccc(-c2cc(C(=O)N(C)C3CCCCC3)ccc2CN2CCc3cc(C(=N)N)ccc32)c(C(=O)O)c1. The van der Waals surface area contributed by atoms with Crippen LogP contribution < -0.4 is 10.6 Å². The van der Waals surface area contributed by atoms with Crippen LogP contribution in [0.4, 0.5) is 5.69 Å². The van der Waals surface area contributed by atoms with E-state index in [4.69, 9.17) is 11.1 Å². The molecule has 7 heteroatoms. The van der Waals surface area contributed by atoms with Crippen molar-refractivity contribution in [2.24, 2.45) is 5.73 Å². The van der Waals surface area contributed by atoms with E-state index in [0.29, 0.717) is 23.2 Å². The zero-order valence-corrected chi connectivity index (χ0v) is 22.7. The quantitative estimate of drug-likeness (QED) is 0.275. The van der Waals surface area contributed by atoms with Crippen molar-refractivity contribution in [3.05, 3.63) is 88.0 Å². The lowest BCUT2D eigenvalue weighted by molar-refractivity contribution is 0.0688. The third-order valence-corrected chi connectivity index (χ3v) is 8.24. The Morgan fingerprint density at radius 3 is 2.46 bits per heavy atom. The van der Waals surface area contributed by atoms with Crippen molar-refractivity contribution in [1.29, 1.82) is 5.41 Å². The number of carbonyl (C=O) groups is 2. The highest BCUT2D eigenvalue weighted by Crippen LogP contribution is 2.35. The highest BCUT2D eigenvalue weighted by atomic mass is 16.4. The first-order valence-corrected chi connectivity index (χ1v) is 13.7. The van der Waals surface area contributed by atoms with Crippen molar-refractivity contribution in [2.75, 3.05) is 18.5 Å². The fourth-order valence-electron chi connectivity index (χ4n) is 6.01. The normalized spacial score (nSPS) is 15.2. The van der Waals surface area contributed by atoms with Gasteiger partial charge in [-0.25, -0.2) is 4.79 Å². The molecule has 7 nitrogen and oxygen atoms in total. The summed E-state index contributed by atoms with van der Waals surface area (Å²) in [6.45, 7) is 3.26. The minimum Gasteiger partial charge on any atom is -0.478 e. The second-order valence-electron chi connectivity index (χ2n) is 10.9. The highest BCUT2D eigenvalue weighted by Gasteiger charge is 2.26. The Morgan fingerprint density at radius 2 is 1.74 bits per heavy atom. The van der Waals surface area contributed by atoms with E-state index in [2.05, 4.69) is 4.90 Å². The second-order valence-corrected chi connectivity index (χ2v) is 10.9. The van der Waals surface area contributed by atoms with Crippen molar-refractivity contribution in [3.63, 3.8) is 0 Å². The monoisotopic (exact) mass is 524 g/mol. The van der Waals surface area contributed by atoms with Gasteiger partial charge in [0.2, 0.25) is 0 Å². The summed E-state index contributed by atoms with van der Waals surface area (Å²) in [5.41, 5.74) is 12.7. The number of carboxylic acid groups (broad SMARTS) is 1. The predicted molar refractivity (Wildman–Crippen MR) is 155 cm³/mol. The number of benzene rings is 3. The molecule has 0 aromatic heterocycles. The summed E-state index contributed by atoms with van der Waals surface area (Å²) >= 11 is 0. The van der Waals surface area contributed by atoms with Crippen LogP contribution in [0, 0.1) is 12.3 Å². The van der Waals surface area contributed by atoms with Crippen LogP contribution in [0.2, 0.25) is 0 Å². The van der Waals surface area contributed by atoms with Gasteiger partial charge in [0, 0.05) is 43.0 Å². The Hall–Kier alpha value is -4.13. The Kier molecular flexibility index (Phi) is 7.42. The number of amides is 1. The summed E-state index contributed by atoms with van der Waals surface area (Å²) in [6.07, 6.45) is 6.39. The van der Waals surface area contributed by atoms with Crippen LogP contribution in [0.1, 0.15) is 75.1 Å². The van der Waals surface area contributed by atoms with E-state index in [9.17, 15) is 14.7 Å². The number of nitrogens with two attached hydrogens (primary N) is 1. The standard InChI is InChI=1S/C32H36N4O3/c1-20-8-12-26(28(16-20)32(38)39)27-18-23(31(37)35(2)25-6-4-3-5-7-25)9-10-24(27)19-36-15-14-21-17-22(30(33)34)11-13-29(21)36/h8-13,16-18,25H,3-7,14-15,19H2,1-2H3,(H3,33,34)(H,38,39). The minimum absolute atomic E-state index is 0.0260. The molecule has 2 aliphatic rings. The fraction of sp³-hybridized carbons (Fsp3) is 0.344. The van der Waals surface area contributed by atoms with Gasteiger partial charge in [0.1, 0.15) is 5.84 Å². The molecule has 1 amide bonds. The Balaban J connectivity index is 1.54. The number of carbonyl (C=O) groups excluding carboxylic acids is 1. The molecule has 1 aliphatic heterocycles. The molecular formula is C32H36N4O3. The Bertz CT molecular complexity index is 1440. The summed E-state index contributed by atoms with van der Waals surface area (Å²) in [5.74, 6) is -0.960. The van der Waals surface area contributed by atoms with Gasteiger partial charge in [0.15, 0.2) is 0 Å². The summed E-state index contributed by atoms with van der Waals surface area (Å²) in [6, 6.07) is 17.3. The van der Waals surface area contributed by atoms with Crippen LogP contribution >= 0.6 is 0 Å². The molecule has 39 heavy (non-hydrogen) atoms. The number of fused-ring (bicyclic) bond motifs is 1. The average molecular weight is 525 g/mol. The molecule has 1 saturated carbocycles. The van der Waals surface area contributed by atoms with Gasteiger partial charge < -0.3 is 20.6 Å². The molecule has 0 radical (unpaired) electrons. The molecule has 0 bridgehead atoms. The third kappa shape index (κ3) is 5.39. The Labute approximate surface area is 229 Å². The predicted octanol–water partition coefficient (Wildman–Crippen LogP) is 5.61. The van der Waals surface area contributed by atoms with Gasteiger partial charge in [-0.1, -0.05) is 43.0 Å². The van der Waals surface area contributed by atoms with Crippen LogP contribution in [-0.4, -0.2) is 47.4 Å². The second kappa shape index (κ2) is 10.9. The molecule has 1 aliphatic carbocycles. The number of nitrogens with one attached hydrogen (secondary N) is 1. The molecule has 1 fully saturated rings. The van der Waals surface area contributed by atoms with Gasteiger partial charge in [-0.15, -0.1) is 0 Å². The topological polar surface area (TPSA) is 111 Å². The van der Waals surface area contributed by atoms with E-state index in [1.54, 1.807) is 6.07 Å². The van der Waals surface area contributed by atoms with E-state index in [1.807, 2.05) is 67.4 Å². The number of hydrogen-bond acceptors (Lipinski definition) is 4. The molecule has 0 spiro atoms. The molecule has 3 aromatic rings. The minimum atomic E-state index is -0.987. The van der Waals surface area contributed by atoms with Crippen LogP contribution in [0.3, 0.4) is 0 Å². The molecule has 202 valence electrons. The van der Waals surface area contributed by atoms with E-state index >= 15 is 0 Å². The van der Waals surface area contributed by atoms with Crippen LogP contribution in [0.25, 0.3) is 11.1 Å². The molecule has 5 rings (SSSR count). The van der Waals surface area contributed by atoms with Gasteiger partial charge in [-0.05, 0) is 84.8 Å². The number of aryl methyl sites for hydroxylation is 1. The number of nitrogen functional groups attached to an aromatic ring is 1. The van der Waals surface area contributed by atoms with Crippen molar-refractivity contribution in [2.45, 2.75) is 58.0 Å². The van der Waals surface area contributed by atoms with Gasteiger partial charge in [-0.3, -0.25) is 10.2 Å². The van der Waals surface area contributed by atoms with E-state index in [-0.39, 0.29) is 23.3 Å². The van der Waals surface area contributed by atoms with Crippen molar-refractivity contribution in [1.82, 2.24) is 4.90 Å².